The second-order valence-corrected chi connectivity index (χ2v) is 4.60. The molecule has 0 saturated heterocycles. The van der Waals surface area contributed by atoms with Crippen molar-refractivity contribution in [2.24, 2.45) is 0 Å². The monoisotopic (exact) mass is 270 g/mol. The first-order chi connectivity index (χ1) is 9.52. The van der Waals surface area contributed by atoms with Gasteiger partial charge >= 0.3 is 0 Å². The van der Waals surface area contributed by atoms with E-state index in [4.69, 9.17) is 5.26 Å². The van der Waals surface area contributed by atoms with Crippen LogP contribution in [0.5, 0.6) is 0 Å². The van der Waals surface area contributed by atoms with Crippen molar-refractivity contribution in [3.05, 3.63) is 59.4 Å². The molecule has 1 N–H and O–H groups in total. The maximum absolute atomic E-state index is 13.3. The first kappa shape index (κ1) is 14.0. The van der Waals surface area contributed by atoms with E-state index in [1.165, 1.54) is 12.1 Å². The summed E-state index contributed by atoms with van der Waals surface area (Å²) in [7, 11) is 1.82. The molecule has 20 heavy (non-hydrogen) atoms. The van der Waals surface area contributed by atoms with Crippen LogP contribution in [0.2, 0.25) is 0 Å². The molecule has 1 unspecified atom stereocenters. The fourth-order valence-electron chi connectivity index (χ4n) is 2.09. The van der Waals surface area contributed by atoms with Gasteiger partial charge in [0.25, 0.3) is 0 Å². The van der Waals surface area contributed by atoms with E-state index >= 15 is 0 Å². The highest BCUT2D eigenvalue weighted by molar-refractivity contribution is 5.67. The van der Waals surface area contributed by atoms with Crippen LogP contribution in [0.4, 0.5) is 15.8 Å². The van der Waals surface area contributed by atoms with Gasteiger partial charge in [-0.1, -0.05) is 6.07 Å². The van der Waals surface area contributed by atoms with Crippen molar-refractivity contribution < 1.29 is 9.50 Å². The van der Waals surface area contributed by atoms with E-state index in [9.17, 15) is 9.50 Å². The second kappa shape index (κ2) is 5.72. The molecule has 1 atom stereocenters. The van der Waals surface area contributed by atoms with E-state index < -0.39 is 6.10 Å². The Morgan fingerprint density at radius 3 is 2.65 bits per heavy atom. The SMILES string of the molecule is CC(O)c1cc(F)ccc1N(C)c1cccc(C#N)c1. The van der Waals surface area contributed by atoms with Gasteiger partial charge in [0.1, 0.15) is 5.82 Å². The molecule has 0 spiro atoms. The van der Waals surface area contributed by atoms with Gasteiger partial charge in [-0.2, -0.15) is 5.26 Å². The summed E-state index contributed by atoms with van der Waals surface area (Å²) < 4.78 is 13.3. The van der Waals surface area contributed by atoms with Gasteiger partial charge < -0.3 is 10.0 Å². The Morgan fingerprint density at radius 2 is 2.00 bits per heavy atom. The fourth-order valence-corrected chi connectivity index (χ4v) is 2.09. The zero-order chi connectivity index (χ0) is 14.7. The Hall–Kier alpha value is -2.38. The highest BCUT2D eigenvalue weighted by Gasteiger charge is 2.14. The summed E-state index contributed by atoms with van der Waals surface area (Å²) in [6.07, 6.45) is -0.776. The summed E-state index contributed by atoms with van der Waals surface area (Å²) in [5.41, 5.74) is 2.57. The van der Waals surface area contributed by atoms with Gasteiger partial charge in [-0.25, -0.2) is 4.39 Å². The Morgan fingerprint density at radius 1 is 1.25 bits per heavy atom. The van der Waals surface area contributed by atoms with Crippen LogP contribution in [0.3, 0.4) is 0 Å². The molecule has 3 nitrogen and oxygen atoms in total. The lowest BCUT2D eigenvalue weighted by atomic mass is 10.1. The van der Waals surface area contributed by atoms with Crippen molar-refractivity contribution in [1.82, 2.24) is 0 Å². The molecular formula is C16H15FN2O. The summed E-state index contributed by atoms with van der Waals surface area (Å²) >= 11 is 0. The zero-order valence-electron chi connectivity index (χ0n) is 11.3. The van der Waals surface area contributed by atoms with Gasteiger partial charge in [0.15, 0.2) is 0 Å². The molecule has 0 amide bonds. The number of aliphatic hydroxyl groups excluding tert-OH is 1. The maximum atomic E-state index is 13.3. The van der Waals surface area contributed by atoms with Crippen LogP contribution in [0, 0.1) is 17.1 Å². The molecule has 0 aliphatic heterocycles. The summed E-state index contributed by atoms with van der Waals surface area (Å²) in [5.74, 6) is -0.385. The fraction of sp³-hybridized carbons (Fsp3) is 0.188. The standard InChI is InChI=1S/C16H15FN2O/c1-11(20)15-9-13(17)6-7-16(15)19(2)14-5-3-4-12(8-14)10-18/h3-9,11,20H,1-2H3. The third kappa shape index (κ3) is 2.79. The molecular weight excluding hydrogens is 255 g/mol. The lowest BCUT2D eigenvalue weighted by molar-refractivity contribution is 0.199. The molecule has 0 radical (unpaired) electrons. The first-order valence-electron chi connectivity index (χ1n) is 6.24. The summed E-state index contributed by atoms with van der Waals surface area (Å²) in [6.45, 7) is 1.60. The van der Waals surface area contributed by atoms with Gasteiger partial charge in [0.2, 0.25) is 0 Å². The predicted octanol–water partition coefficient (Wildman–Crippen LogP) is 3.52. The van der Waals surface area contributed by atoms with Crippen molar-refractivity contribution in [3.63, 3.8) is 0 Å². The van der Waals surface area contributed by atoms with E-state index in [-0.39, 0.29) is 5.82 Å². The lowest BCUT2D eigenvalue weighted by Gasteiger charge is -2.24. The summed E-state index contributed by atoms with van der Waals surface area (Å²) in [4.78, 5) is 1.82. The number of benzene rings is 2. The predicted molar refractivity (Wildman–Crippen MR) is 76.3 cm³/mol. The number of nitriles is 1. The maximum Gasteiger partial charge on any atom is 0.123 e. The Kier molecular flexibility index (Phi) is 4.02. The minimum Gasteiger partial charge on any atom is -0.389 e. The minimum absolute atomic E-state index is 0.385. The van der Waals surface area contributed by atoms with Crippen molar-refractivity contribution in [2.45, 2.75) is 13.0 Å². The van der Waals surface area contributed by atoms with Crippen LogP contribution in [0.1, 0.15) is 24.2 Å². The van der Waals surface area contributed by atoms with Gasteiger partial charge in [-0.05, 0) is 43.3 Å². The third-order valence-electron chi connectivity index (χ3n) is 3.16. The van der Waals surface area contributed by atoms with E-state index in [1.54, 1.807) is 31.2 Å². The highest BCUT2D eigenvalue weighted by Crippen LogP contribution is 2.31. The van der Waals surface area contributed by atoms with Crippen LogP contribution in [-0.2, 0) is 0 Å². The quantitative estimate of drug-likeness (QED) is 0.928. The largest absolute Gasteiger partial charge is 0.389 e. The van der Waals surface area contributed by atoms with Gasteiger partial charge in [0, 0.05) is 24.0 Å². The van der Waals surface area contributed by atoms with Gasteiger partial charge in [0.05, 0.1) is 17.7 Å². The van der Waals surface area contributed by atoms with Crippen molar-refractivity contribution in [3.8, 4) is 6.07 Å². The summed E-state index contributed by atoms with van der Waals surface area (Å²) in [6, 6.07) is 13.5. The molecule has 2 aromatic rings. The number of rotatable bonds is 3. The average molecular weight is 270 g/mol. The van der Waals surface area contributed by atoms with Crippen molar-refractivity contribution >= 4 is 11.4 Å². The molecule has 0 aromatic heterocycles. The molecule has 0 heterocycles. The van der Waals surface area contributed by atoms with E-state index in [2.05, 4.69) is 6.07 Å². The smallest absolute Gasteiger partial charge is 0.123 e. The number of hydrogen-bond acceptors (Lipinski definition) is 3. The second-order valence-electron chi connectivity index (χ2n) is 4.60. The third-order valence-corrected chi connectivity index (χ3v) is 3.16. The van der Waals surface area contributed by atoms with Crippen LogP contribution < -0.4 is 4.90 Å². The van der Waals surface area contributed by atoms with E-state index in [0.29, 0.717) is 16.8 Å². The van der Waals surface area contributed by atoms with Crippen LogP contribution >= 0.6 is 0 Å². The molecule has 0 bridgehead atoms. The lowest BCUT2D eigenvalue weighted by Crippen LogP contribution is -2.13. The number of nitrogens with zero attached hydrogens (tertiary/aromatic N) is 2. The minimum atomic E-state index is -0.776. The first-order valence-corrected chi connectivity index (χ1v) is 6.24. The average Bonchev–Trinajstić information content (AvgIpc) is 2.46. The zero-order valence-corrected chi connectivity index (χ0v) is 11.3. The number of hydrogen-bond donors (Lipinski definition) is 1. The molecule has 102 valence electrons. The van der Waals surface area contributed by atoms with E-state index in [0.717, 1.165) is 5.69 Å². The normalized spacial score (nSPS) is 11.8. The Bertz CT molecular complexity index is 662. The number of anilines is 2. The van der Waals surface area contributed by atoms with Crippen molar-refractivity contribution in [2.75, 3.05) is 11.9 Å². The molecule has 0 aliphatic carbocycles. The Labute approximate surface area is 117 Å². The van der Waals surface area contributed by atoms with Crippen LogP contribution in [-0.4, -0.2) is 12.2 Å². The topological polar surface area (TPSA) is 47.3 Å². The van der Waals surface area contributed by atoms with Gasteiger partial charge in [-0.3, -0.25) is 0 Å². The molecule has 0 saturated carbocycles. The van der Waals surface area contributed by atoms with Crippen molar-refractivity contribution in [1.29, 1.82) is 5.26 Å². The van der Waals surface area contributed by atoms with E-state index in [1.807, 2.05) is 18.0 Å². The van der Waals surface area contributed by atoms with Gasteiger partial charge in [-0.15, -0.1) is 0 Å². The van der Waals surface area contributed by atoms with Crippen LogP contribution in [0.15, 0.2) is 42.5 Å². The van der Waals surface area contributed by atoms with Crippen LogP contribution in [0.25, 0.3) is 0 Å². The number of aliphatic hydroxyl groups is 1. The molecule has 0 fully saturated rings. The molecule has 2 rings (SSSR count). The molecule has 2 aromatic carbocycles. The Balaban J connectivity index is 2.47. The molecule has 4 heteroatoms. The highest BCUT2D eigenvalue weighted by atomic mass is 19.1. The summed E-state index contributed by atoms with van der Waals surface area (Å²) in [5, 5.41) is 18.7. The number of halogens is 1. The molecule has 0 aliphatic rings.